The fourth-order valence-electron chi connectivity index (χ4n) is 1.06. The number of nitrogens with one attached hydrogen (secondary N) is 1. The monoisotopic (exact) mass is 241 g/mol. The Hall–Kier alpha value is -1.66. The molecule has 0 heterocycles. The van der Waals surface area contributed by atoms with Crippen molar-refractivity contribution in [1.82, 2.24) is 5.48 Å². The lowest BCUT2D eigenvalue weighted by Gasteiger charge is -1.99. The average molecular weight is 241 g/mol. The van der Waals surface area contributed by atoms with Crippen molar-refractivity contribution in [3.05, 3.63) is 35.9 Å². The molecule has 86 valence electrons. The Bertz CT molecular complexity index is 519. The second-order valence-electron chi connectivity index (χ2n) is 3.15. The van der Waals surface area contributed by atoms with Crippen LogP contribution in [-0.2, 0) is 14.6 Å². The molecule has 0 saturated carbocycles. The molecule has 0 bridgehead atoms. The molecule has 1 rings (SSSR count). The van der Waals surface area contributed by atoms with Crippen LogP contribution in [0.2, 0.25) is 0 Å². The fraction of sp³-hybridized carbons (Fsp3) is 0.100. The lowest BCUT2D eigenvalue weighted by molar-refractivity contribution is -0.124. The molecular formula is C10H11NO4S. The van der Waals surface area contributed by atoms with Crippen molar-refractivity contribution in [3.8, 4) is 0 Å². The van der Waals surface area contributed by atoms with Crippen molar-refractivity contribution in [2.24, 2.45) is 0 Å². The Morgan fingerprint density at radius 2 is 2.12 bits per heavy atom. The zero-order chi connectivity index (χ0) is 12.2. The van der Waals surface area contributed by atoms with Gasteiger partial charge in [-0.3, -0.25) is 10.0 Å². The van der Waals surface area contributed by atoms with Crippen LogP contribution in [0.5, 0.6) is 0 Å². The first-order chi connectivity index (χ1) is 7.43. The lowest BCUT2D eigenvalue weighted by atomic mass is 10.2. The van der Waals surface area contributed by atoms with Gasteiger partial charge in [0.2, 0.25) is 0 Å². The molecule has 0 aromatic heterocycles. The van der Waals surface area contributed by atoms with Gasteiger partial charge in [-0.15, -0.1) is 0 Å². The molecular weight excluding hydrogens is 230 g/mol. The number of rotatable bonds is 3. The van der Waals surface area contributed by atoms with E-state index in [-0.39, 0.29) is 4.90 Å². The number of benzene rings is 1. The second kappa shape index (κ2) is 4.91. The molecule has 0 unspecified atom stereocenters. The van der Waals surface area contributed by atoms with E-state index in [1.54, 1.807) is 12.1 Å². The third kappa shape index (κ3) is 3.48. The zero-order valence-electron chi connectivity index (χ0n) is 8.54. The topological polar surface area (TPSA) is 83.5 Å². The van der Waals surface area contributed by atoms with Crippen LogP contribution in [-0.4, -0.2) is 25.8 Å². The SMILES string of the molecule is CS(=O)(=O)c1cccc(/C=C/C(=O)NO)c1. The minimum Gasteiger partial charge on any atom is -0.288 e. The first kappa shape index (κ1) is 12.4. The van der Waals surface area contributed by atoms with E-state index in [9.17, 15) is 13.2 Å². The van der Waals surface area contributed by atoms with E-state index in [1.165, 1.54) is 23.7 Å². The number of carbonyl (C=O) groups is 1. The smallest absolute Gasteiger partial charge is 0.267 e. The Morgan fingerprint density at radius 1 is 1.44 bits per heavy atom. The maximum absolute atomic E-state index is 11.2. The number of hydrogen-bond acceptors (Lipinski definition) is 4. The summed E-state index contributed by atoms with van der Waals surface area (Å²) in [6.07, 6.45) is 3.61. The van der Waals surface area contributed by atoms with Crippen molar-refractivity contribution in [3.63, 3.8) is 0 Å². The largest absolute Gasteiger partial charge is 0.288 e. The normalized spacial score (nSPS) is 11.6. The van der Waals surface area contributed by atoms with Crippen molar-refractivity contribution < 1.29 is 18.4 Å². The molecule has 1 amide bonds. The summed E-state index contributed by atoms with van der Waals surface area (Å²) in [6.45, 7) is 0. The number of sulfone groups is 1. The Balaban J connectivity index is 3.01. The molecule has 0 atom stereocenters. The molecule has 0 radical (unpaired) electrons. The predicted octanol–water partition coefficient (Wildman–Crippen LogP) is 0.609. The maximum Gasteiger partial charge on any atom is 0.267 e. The summed E-state index contributed by atoms with van der Waals surface area (Å²) in [5.41, 5.74) is 2.00. The molecule has 0 aliphatic carbocycles. The summed E-state index contributed by atoms with van der Waals surface area (Å²) in [5, 5.41) is 8.25. The summed E-state index contributed by atoms with van der Waals surface area (Å²) in [5.74, 6) is -0.676. The average Bonchev–Trinajstić information content (AvgIpc) is 2.25. The van der Waals surface area contributed by atoms with Gasteiger partial charge in [0, 0.05) is 12.3 Å². The maximum atomic E-state index is 11.2. The van der Waals surface area contributed by atoms with Gasteiger partial charge >= 0.3 is 0 Å². The highest BCUT2D eigenvalue weighted by atomic mass is 32.2. The number of amides is 1. The second-order valence-corrected chi connectivity index (χ2v) is 5.17. The molecule has 6 heteroatoms. The van der Waals surface area contributed by atoms with Crippen LogP contribution in [0.4, 0.5) is 0 Å². The first-order valence-corrected chi connectivity index (χ1v) is 6.25. The van der Waals surface area contributed by atoms with E-state index in [2.05, 4.69) is 0 Å². The molecule has 0 aliphatic rings. The minimum atomic E-state index is -3.25. The third-order valence-electron chi connectivity index (χ3n) is 1.82. The molecule has 1 aromatic rings. The van der Waals surface area contributed by atoms with Gasteiger partial charge in [0.25, 0.3) is 5.91 Å². The van der Waals surface area contributed by atoms with Crippen LogP contribution < -0.4 is 5.48 Å². The molecule has 0 spiro atoms. The highest BCUT2D eigenvalue weighted by Gasteiger charge is 2.06. The van der Waals surface area contributed by atoms with Crippen LogP contribution in [0.25, 0.3) is 6.08 Å². The highest BCUT2D eigenvalue weighted by molar-refractivity contribution is 7.90. The van der Waals surface area contributed by atoms with Gasteiger partial charge in [0.15, 0.2) is 9.84 Å². The highest BCUT2D eigenvalue weighted by Crippen LogP contribution is 2.12. The lowest BCUT2D eigenvalue weighted by Crippen LogP contribution is -2.14. The summed E-state index contributed by atoms with van der Waals surface area (Å²) in [7, 11) is -3.25. The van der Waals surface area contributed by atoms with Crippen LogP contribution in [0.15, 0.2) is 35.2 Å². The quantitative estimate of drug-likeness (QED) is 0.461. The number of carbonyl (C=O) groups excluding carboxylic acids is 1. The van der Waals surface area contributed by atoms with Crippen molar-refractivity contribution >= 4 is 21.8 Å². The molecule has 2 N–H and O–H groups in total. The van der Waals surface area contributed by atoms with Crippen molar-refractivity contribution in [2.45, 2.75) is 4.90 Å². The van der Waals surface area contributed by atoms with E-state index in [0.717, 1.165) is 12.3 Å². The molecule has 5 nitrogen and oxygen atoms in total. The predicted molar refractivity (Wildman–Crippen MR) is 58.5 cm³/mol. The molecule has 16 heavy (non-hydrogen) atoms. The van der Waals surface area contributed by atoms with Gasteiger partial charge < -0.3 is 0 Å². The van der Waals surface area contributed by atoms with Crippen LogP contribution in [0.3, 0.4) is 0 Å². The Labute approximate surface area is 93.3 Å². The first-order valence-electron chi connectivity index (χ1n) is 4.36. The van der Waals surface area contributed by atoms with Crippen LogP contribution >= 0.6 is 0 Å². The standard InChI is InChI=1S/C10H11NO4S/c1-16(14,15)9-4-2-3-8(7-9)5-6-10(12)11-13/h2-7,13H,1H3,(H,11,12)/b6-5+. The summed E-state index contributed by atoms with van der Waals surface area (Å²) in [6, 6.07) is 6.14. The third-order valence-corrected chi connectivity index (χ3v) is 2.93. The minimum absolute atomic E-state index is 0.180. The van der Waals surface area contributed by atoms with Crippen molar-refractivity contribution in [2.75, 3.05) is 6.26 Å². The van der Waals surface area contributed by atoms with E-state index >= 15 is 0 Å². The van der Waals surface area contributed by atoms with Crippen LogP contribution in [0, 0.1) is 0 Å². The summed E-state index contributed by atoms with van der Waals surface area (Å²) >= 11 is 0. The van der Waals surface area contributed by atoms with Crippen LogP contribution in [0.1, 0.15) is 5.56 Å². The fourth-order valence-corrected chi connectivity index (χ4v) is 1.73. The zero-order valence-corrected chi connectivity index (χ0v) is 9.36. The van der Waals surface area contributed by atoms with Gasteiger partial charge in [-0.05, 0) is 23.8 Å². The Kier molecular flexibility index (Phi) is 3.81. The van der Waals surface area contributed by atoms with Gasteiger partial charge in [0.1, 0.15) is 0 Å². The molecule has 0 aliphatic heterocycles. The number of hydroxylamine groups is 1. The van der Waals surface area contributed by atoms with E-state index in [4.69, 9.17) is 5.21 Å². The van der Waals surface area contributed by atoms with E-state index in [1.807, 2.05) is 0 Å². The molecule has 1 aromatic carbocycles. The van der Waals surface area contributed by atoms with E-state index in [0.29, 0.717) is 5.56 Å². The van der Waals surface area contributed by atoms with Gasteiger partial charge in [-0.2, -0.15) is 0 Å². The van der Waals surface area contributed by atoms with Gasteiger partial charge in [-0.1, -0.05) is 12.1 Å². The van der Waals surface area contributed by atoms with E-state index < -0.39 is 15.7 Å². The summed E-state index contributed by atoms with van der Waals surface area (Å²) in [4.78, 5) is 10.9. The Morgan fingerprint density at radius 3 is 2.69 bits per heavy atom. The number of hydrogen-bond donors (Lipinski definition) is 2. The van der Waals surface area contributed by atoms with Gasteiger partial charge in [-0.25, -0.2) is 13.9 Å². The van der Waals surface area contributed by atoms with Crippen molar-refractivity contribution in [1.29, 1.82) is 0 Å². The summed E-state index contributed by atoms with van der Waals surface area (Å²) < 4.78 is 22.5. The molecule has 0 fully saturated rings. The van der Waals surface area contributed by atoms with Gasteiger partial charge in [0.05, 0.1) is 4.90 Å². The molecule has 0 saturated heterocycles.